The Labute approximate surface area is 149 Å². The molecule has 0 spiro atoms. The number of rotatable bonds is 5. The van der Waals surface area contributed by atoms with Crippen molar-refractivity contribution in [1.82, 2.24) is 10.3 Å². The van der Waals surface area contributed by atoms with E-state index in [1.165, 1.54) is 6.20 Å². The molecule has 1 aromatic carbocycles. The Kier molecular flexibility index (Phi) is 5.56. The van der Waals surface area contributed by atoms with E-state index in [4.69, 9.17) is 32.7 Å². The highest BCUT2D eigenvalue weighted by atomic mass is 35.5. The van der Waals surface area contributed by atoms with Crippen LogP contribution in [0, 0.1) is 0 Å². The van der Waals surface area contributed by atoms with Gasteiger partial charge in [0, 0.05) is 24.2 Å². The maximum Gasteiger partial charge on any atom is 0.253 e. The zero-order valence-corrected chi connectivity index (χ0v) is 14.3. The first kappa shape index (κ1) is 17.0. The molecule has 2 heterocycles. The lowest BCUT2D eigenvalue weighted by Gasteiger charge is -2.13. The van der Waals surface area contributed by atoms with Crippen molar-refractivity contribution in [1.29, 1.82) is 0 Å². The first-order chi connectivity index (χ1) is 11.6. The molecule has 1 aliphatic rings. The van der Waals surface area contributed by atoms with E-state index in [1.54, 1.807) is 12.1 Å². The lowest BCUT2D eigenvalue weighted by atomic mass is 10.2. The van der Waals surface area contributed by atoms with Gasteiger partial charge in [-0.15, -0.1) is 0 Å². The number of ether oxygens (including phenoxy) is 2. The predicted molar refractivity (Wildman–Crippen MR) is 91.7 cm³/mol. The largest absolute Gasteiger partial charge is 0.471 e. The highest BCUT2D eigenvalue weighted by Gasteiger charge is 2.20. The minimum Gasteiger partial charge on any atom is -0.471 e. The Hall–Kier alpha value is -1.82. The van der Waals surface area contributed by atoms with Gasteiger partial charge in [-0.1, -0.05) is 41.4 Å². The Bertz CT molecular complexity index is 734. The third-order valence-electron chi connectivity index (χ3n) is 3.63. The van der Waals surface area contributed by atoms with Crippen LogP contribution in [-0.4, -0.2) is 30.2 Å². The third kappa shape index (κ3) is 4.17. The second-order valence-electron chi connectivity index (χ2n) is 5.39. The van der Waals surface area contributed by atoms with Crippen LogP contribution in [0.2, 0.25) is 10.0 Å². The van der Waals surface area contributed by atoms with Crippen LogP contribution in [0.3, 0.4) is 0 Å². The summed E-state index contributed by atoms with van der Waals surface area (Å²) >= 11 is 12.2. The molecule has 0 aliphatic carbocycles. The van der Waals surface area contributed by atoms with Crippen LogP contribution in [0.4, 0.5) is 0 Å². The van der Waals surface area contributed by atoms with Crippen molar-refractivity contribution in [3.8, 4) is 5.88 Å². The zero-order chi connectivity index (χ0) is 16.9. The van der Waals surface area contributed by atoms with Crippen LogP contribution >= 0.6 is 23.2 Å². The number of hydrogen-bond donors (Lipinski definition) is 1. The second kappa shape index (κ2) is 7.83. The van der Waals surface area contributed by atoms with Crippen LogP contribution in [-0.2, 0) is 11.3 Å². The summed E-state index contributed by atoms with van der Waals surface area (Å²) in [7, 11) is 0. The van der Waals surface area contributed by atoms with Gasteiger partial charge in [-0.05, 0) is 17.7 Å². The second-order valence-corrected chi connectivity index (χ2v) is 6.20. The minimum absolute atomic E-state index is 0.0464. The molecule has 3 rings (SSSR count). The SMILES string of the molecule is O=C(NCc1ccccc1Cl)c1cnc(O[C@H]2CCOC2)c(Cl)c1. The summed E-state index contributed by atoms with van der Waals surface area (Å²) in [6.07, 6.45) is 2.20. The van der Waals surface area contributed by atoms with E-state index in [-0.39, 0.29) is 12.0 Å². The van der Waals surface area contributed by atoms with Gasteiger partial charge < -0.3 is 14.8 Å². The average molecular weight is 367 g/mol. The normalized spacial score (nSPS) is 16.8. The number of aromatic nitrogens is 1. The monoisotopic (exact) mass is 366 g/mol. The van der Waals surface area contributed by atoms with Gasteiger partial charge in [0.15, 0.2) is 0 Å². The Morgan fingerprint density at radius 1 is 1.33 bits per heavy atom. The predicted octanol–water partition coefficient (Wildman–Crippen LogP) is 3.49. The van der Waals surface area contributed by atoms with Gasteiger partial charge in [-0.2, -0.15) is 0 Å². The molecule has 0 saturated carbocycles. The van der Waals surface area contributed by atoms with Crippen molar-refractivity contribution in [2.24, 2.45) is 0 Å². The van der Waals surface area contributed by atoms with Gasteiger partial charge in [0.2, 0.25) is 5.88 Å². The van der Waals surface area contributed by atoms with E-state index in [0.29, 0.717) is 41.2 Å². The number of nitrogens with zero attached hydrogens (tertiary/aromatic N) is 1. The van der Waals surface area contributed by atoms with Crippen molar-refractivity contribution in [3.63, 3.8) is 0 Å². The van der Waals surface area contributed by atoms with Crippen LogP contribution in [0.15, 0.2) is 36.5 Å². The molecule has 1 aromatic heterocycles. The van der Waals surface area contributed by atoms with Crippen molar-refractivity contribution >= 4 is 29.1 Å². The molecule has 7 heteroatoms. The van der Waals surface area contributed by atoms with Crippen molar-refractivity contribution in [2.75, 3.05) is 13.2 Å². The quantitative estimate of drug-likeness (QED) is 0.879. The van der Waals surface area contributed by atoms with E-state index < -0.39 is 0 Å². The molecule has 2 aromatic rings. The molecule has 1 atom stereocenters. The summed E-state index contributed by atoms with van der Waals surface area (Å²) in [6.45, 7) is 1.52. The third-order valence-corrected chi connectivity index (χ3v) is 4.27. The number of hydrogen-bond acceptors (Lipinski definition) is 4. The van der Waals surface area contributed by atoms with E-state index in [1.807, 2.05) is 18.2 Å². The Morgan fingerprint density at radius 3 is 2.88 bits per heavy atom. The average Bonchev–Trinajstić information content (AvgIpc) is 3.09. The van der Waals surface area contributed by atoms with Gasteiger partial charge in [-0.25, -0.2) is 4.98 Å². The van der Waals surface area contributed by atoms with Gasteiger partial charge in [0.25, 0.3) is 5.91 Å². The lowest BCUT2D eigenvalue weighted by Crippen LogP contribution is -2.23. The fraction of sp³-hybridized carbons (Fsp3) is 0.294. The molecule has 1 amide bonds. The highest BCUT2D eigenvalue weighted by molar-refractivity contribution is 6.32. The maximum absolute atomic E-state index is 12.2. The fourth-order valence-corrected chi connectivity index (χ4v) is 2.73. The fourth-order valence-electron chi connectivity index (χ4n) is 2.32. The van der Waals surface area contributed by atoms with Gasteiger partial charge in [-0.3, -0.25) is 4.79 Å². The number of carbonyl (C=O) groups is 1. The number of pyridine rings is 1. The molecule has 1 saturated heterocycles. The molecule has 126 valence electrons. The molecule has 1 aliphatic heterocycles. The number of halogens is 2. The minimum atomic E-state index is -0.278. The summed E-state index contributed by atoms with van der Waals surface area (Å²) in [5, 5.41) is 3.70. The van der Waals surface area contributed by atoms with E-state index in [9.17, 15) is 4.79 Å². The number of benzene rings is 1. The first-order valence-corrected chi connectivity index (χ1v) is 8.30. The maximum atomic E-state index is 12.2. The number of carbonyl (C=O) groups excluding carboxylic acids is 1. The van der Waals surface area contributed by atoms with Crippen LogP contribution in [0.5, 0.6) is 5.88 Å². The summed E-state index contributed by atoms with van der Waals surface area (Å²) < 4.78 is 10.9. The van der Waals surface area contributed by atoms with Gasteiger partial charge in [0.05, 0.1) is 18.8 Å². The summed E-state index contributed by atoms with van der Waals surface area (Å²) in [5.41, 5.74) is 1.20. The van der Waals surface area contributed by atoms with Gasteiger partial charge >= 0.3 is 0 Å². The summed E-state index contributed by atoms with van der Waals surface area (Å²) in [6, 6.07) is 8.88. The van der Waals surface area contributed by atoms with Crippen molar-refractivity contribution in [3.05, 3.63) is 57.7 Å². The molecular formula is C17H16Cl2N2O3. The lowest BCUT2D eigenvalue weighted by molar-refractivity contribution is 0.0950. The van der Waals surface area contributed by atoms with E-state index >= 15 is 0 Å². The van der Waals surface area contributed by atoms with Crippen molar-refractivity contribution in [2.45, 2.75) is 19.1 Å². The molecular weight excluding hydrogens is 351 g/mol. The zero-order valence-electron chi connectivity index (χ0n) is 12.8. The smallest absolute Gasteiger partial charge is 0.253 e. The van der Waals surface area contributed by atoms with Crippen LogP contribution < -0.4 is 10.1 Å². The van der Waals surface area contributed by atoms with Crippen LogP contribution in [0.25, 0.3) is 0 Å². The van der Waals surface area contributed by atoms with Crippen LogP contribution in [0.1, 0.15) is 22.3 Å². The molecule has 24 heavy (non-hydrogen) atoms. The first-order valence-electron chi connectivity index (χ1n) is 7.55. The summed E-state index contributed by atoms with van der Waals surface area (Å²) in [5.74, 6) is 0.0369. The standard InChI is InChI=1S/C17H16Cl2N2O3/c18-14-4-2-1-3-11(14)8-20-16(22)12-7-15(19)17(21-9-12)24-13-5-6-23-10-13/h1-4,7,9,13H,5-6,8,10H2,(H,20,22)/t13-/m0/s1. The highest BCUT2D eigenvalue weighted by Crippen LogP contribution is 2.25. The molecule has 1 N–H and O–H groups in total. The van der Waals surface area contributed by atoms with E-state index in [2.05, 4.69) is 10.3 Å². The molecule has 0 bridgehead atoms. The summed E-state index contributed by atoms with van der Waals surface area (Å²) in [4.78, 5) is 16.4. The van der Waals surface area contributed by atoms with Crippen molar-refractivity contribution < 1.29 is 14.3 Å². The Morgan fingerprint density at radius 2 is 2.17 bits per heavy atom. The molecule has 1 fully saturated rings. The molecule has 5 nitrogen and oxygen atoms in total. The molecule has 0 unspecified atom stereocenters. The Balaban J connectivity index is 1.62. The number of nitrogens with one attached hydrogen (secondary N) is 1. The topological polar surface area (TPSA) is 60.5 Å². The van der Waals surface area contributed by atoms with E-state index in [0.717, 1.165) is 12.0 Å². The van der Waals surface area contributed by atoms with Gasteiger partial charge in [0.1, 0.15) is 11.1 Å². The molecule has 0 radical (unpaired) electrons. The number of amides is 1.